The van der Waals surface area contributed by atoms with Crippen LogP contribution in [-0.4, -0.2) is 27.7 Å². The third-order valence-corrected chi connectivity index (χ3v) is 5.14. The first-order valence-corrected chi connectivity index (χ1v) is 8.43. The minimum Gasteiger partial charge on any atom is -0.371 e. The SMILES string of the molecule is O=C(Nc1n[nH]c2c(Cl)cccc12)c1cnc(C2CCCO2)s1. The summed E-state index contributed by atoms with van der Waals surface area (Å²) < 4.78 is 5.59. The molecule has 2 aromatic heterocycles. The number of nitrogens with one attached hydrogen (secondary N) is 2. The van der Waals surface area contributed by atoms with E-state index in [4.69, 9.17) is 16.3 Å². The summed E-state index contributed by atoms with van der Waals surface area (Å²) in [6.45, 7) is 0.756. The molecular weight excluding hydrogens is 336 g/mol. The minimum absolute atomic E-state index is 0.0200. The number of hydrogen-bond acceptors (Lipinski definition) is 5. The van der Waals surface area contributed by atoms with E-state index in [2.05, 4.69) is 20.5 Å². The summed E-state index contributed by atoms with van der Waals surface area (Å²) in [4.78, 5) is 17.2. The Kier molecular flexibility index (Phi) is 3.76. The van der Waals surface area contributed by atoms with Crippen LogP contribution < -0.4 is 5.32 Å². The van der Waals surface area contributed by atoms with E-state index in [1.807, 2.05) is 12.1 Å². The van der Waals surface area contributed by atoms with E-state index in [0.29, 0.717) is 21.2 Å². The van der Waals surface area contributed by atoms with Crippen LogP contribution in [0.15, 0.2) is 24.4 Å². The quantitative estimate of drug-likeness (QED) is 0.755. The van der Waals surface area contributed by atoms with Gasteiger partial charge in [-0.2, -0.15) is 5.10 Å². The number of halogens is 1. The van der Waals surface area contributed by atoms with Crippen molar-refractivity contribution >= 4 is 45.6 Å². The first kappa shape index (κ1) is 14.6. The van der Waals surface area contributed by atoms with Crippen molar-refractivity contribution in [1.29, 1.82) is 0 Å². The first-order valence-electron chi connectivity index (χ1n) is 7.23. The number of carbonyl (C=O) groups is 1. The Morgan fingerprint density at radius 1 is 1.48 bits per heavy atom. The molecule has 1 fully saturated rings. The van der Waals surface area contributed by atoms with E-state index in [1.165, 1.54) is 11.3 Å². The number of fused-ring (bicyclic) bond motifs is 1. The van der Waals surface area contributed by atoms with Gasteiger partial charge in [0, 0.05) is 12.0 Å². The number of nitrogens with zero attached hydrogens (tertiary/aromatic N) is 2. The van der Waals surface area contributed by atoms with Gasteiger partial charge < -0.3 is 10.1 Å². The Balaban J connectivity index is 1.56. The van der Waals surface area contributed by atoms with Gasteiger partial charge >= 0.3 is 0 Å². The van der Waals surface area contributed by atoms with E-state index in [1.54, 1.807) is 12.3 Å². The maximum Gasteiger partial charge on any atom is 0.268 e. The predicted octanol–water partition coefficient (Wildman–Crippen LogP) is 3.78. The van der Waals surface area contributed by atoms with Crippen LogP contribution in [0.1, 0.15) is 33.6 Å². The molecule has 1 unspecified atom stereocenters. The van der Waals surface area contributed by atoms with Crippen molar-refractivity contribution in [3.63, 3.8) is 0 Å². The highest BCUT2D eigenvalue weighted by molar-refractivity contribution is 7.13. The first-order chi connectivity index (χ1) is 11.2. The third-order valence-electron chi connectivity index (χ3n) is 3.73. The average molecular weight is 349 g/mol. The molecule has 6 nitrogen and oxygen atoms in total. The molecule has 3 heterocycles. The molecule has 1 amide bonds. The lowest BCUT2D eigenvalue weighted by Crippen LogP contribution is -2.10. The van der Waals surface area contributed by atoms with Crippen molar-refractivity contribution < 1.29 is 9.53 Å². The number of hydrogen-bond donors (Lipinski definition) is 2. The fourth-order valence-corrected chi connectivity index (χ4v) is 3.70. The normalized spacial score (nSPS) is 17.7. The third kappa shape index (κ3) is 2.71. The van der Waals surface area contributed by atoms with Crippen molar-refractivity contribution in [2.45, 2.75) is 18.9 Å². The number of ether oxygens (including phenoxy) is 1. The lowest BCUT2D eigenvalue weighted by molar-refractivity contribution is 0.103. The van der Waals surface area contributed by atoms with Crippen LogP contribution in [-0.2, 0) is 4.74 Å². The Morgan fingerprint density at radius 2 is 2.39 bits per heavy atom. The summed E-state index contributed by atoms with van der Waals surface area (Å²) in [5.74, 6) is 0.222. The van der Waals surface area contributed by atoms with Crippen molar-refractivity contribution in [3.8, 4) is 0 Å². The van der Waals surface area contributed by atoms with Crippen LogP contribution in [0, 0.1) is 0 Å². The number of amides is 1. The maximum atomic E-state index is 12.4. The molecule has 8 heteroatoms. The van der Waals surface area contributed by atoms with Crippen LogP contribution in [0.2, 0.25) is 5.02 Å². The van der Waals surface area contributed by atoms with E-state index < -0.39 is 0 Å². The smallest absolute Gasteiger partial charge is 0.268 e. The second kappa shape index (κ2) is 5.92. The van der Waals surface area contributed by atoms with E-state index in [0.717, 1.165) is 29.8 Å². The summed E-state index contributed by atoms with van der Waals surface area (Å²) in [5.41, 5.74) is 0.703. The molecule has 23 heavy (non-hydrogen) atoms. The second-order valence-corrected chi connectivity index (χ2v) is 6.72. The molecule has 3 aromatic rings. The van der Waals surface area contributed by atoms with Gasteiger partial charge in [0.1, 0.15) is 16.0 Å². The number of para-hydroxylation sites is 1. The van der Waals surface area contributed by atoms with E-state index >= 15 is 0 Å². The molecule has 1 atom stereocenters. The molecule has 1 aliphatic heterocycles. The van der Waals surface area contributed by atoms with Gasteiger partial charge in [0.05, 0.1) is 16.7 Å². The Bertz CT molecular complexity index is 869. The largest absolute Gasteiger partial charge is 0.371 e. The van der Waals surface area contributed by atoms with Crippen LogP contribution >= 0.6 is 22.9 Å². The standard InChI is InChI=1S/C15H13ClN4O2S/c16-9-4-1-3-8-12(9)19-20-13(8)18-14(21)11-7-17-15(23-11)10-5-2-6-22-10/h1,3-4,7,10H,2,5-6H2,(H2,18,19,20,21). The Hall–Kier alpha value is -1.96. The van der Waals surface area contributed by atoms with Gasteiger partial charge in [-0.15, -0.1) is 11.3 Å². The summed E-state index contributed by atoms with van der Waals surface area (Å²) >= 11 is 7.45. The highest BCUT2D eigenvalue weighted by Gasteiger charge is 2.23. The molecule has 0 saturated carbocycles. The van der Waals surface area contributed by atoms with Crippen molar-refractivity contribution in [1.82, 2.24) is 15.2 Å². The zero-order valence-electron chi connectivity index (χ0n) is 12.0. The zero-order valence-corrected chi connectivity index (χ0v) is 13.6. The molecule has 118 valence electrons. The maximum absolute atomic E-state index is 12.4. The lowest BCUT2D eigenvalue weighted by Gasteiger charge is -2.03. The lowest BCUT2D eigenvalue weighted by atomic mass is 10.2. The van der Waals surface area contributed by atoms with E-state index in [-0.39, 0.29) is 12.0 Å². The Morgan fingerprint density at radius 3 is 3.22 bits per heavy atom. The number of carbonyl (C=O) groups excluding carboxylic acids is 1. The molecule has 1 saturated heterocycles. The van der Waals surface area contributed by atoms with Crippen LogP contribution in [0.3, 0.4) is 0 Å². The average Bonchev–Trinajstić information content (AvgIpc) is 3.28. The molecule has 4 rings (SSSR count). The van der Waals surface area contributed by atoms with Crippen molar-refractivity contribution in [3.05, 3.63) is 39.3 Å². The number of rotatable bonds is 3. The van der Waals surface area contributed by atoms with Gasteiger partial charge in [-0.1, -0.05) is 17.7 Å². The van der Waals surface area contributed by atoms with Crippen LogP contribution in [0.25, 0.3) is 10.9 Å². The summed E-state index contributed by atoms with van der Waals surface area (Å²) in [5, 5.41) is 11.9. The zero-order chi connectivity index (χ0) is 15.8. The highest BCUT2D eigenvalue weighted by Crippen LogP contribution is 2.32. The molecule has 1 aliphatic rings. The number of aromatic nitrogens is 3. The minimum atomic E-state index is -0.236. The second-order valence-electron chi connectivity index (χ2n) is 5.25. The van der Waals surface area contributed by atoms with Gasteiger partial charge in [-0.3, -0.25) is 9.89 Å². The molecule has 2 N–H and O–H groups in total. The molecule has 0 bridgehead atoms. The number of benzene rings is 1. The summed E-state index contributed by atoms with van der Waals surface area (Å²) in [7, 11) is 0. The topological polar surface area (TPSA) is 79.9 Å². The fraction of sp³-hybridized carbons (Fsp3) is 0.267. The molecule has 0 spiro atoms. The number of anilines is 1. The van der Waals surface area contributed by atoms with Crippen LogP contribution in [0.4, 0.5) is 5.82 Å². The summed E-state index contributed by atoms with van der Waals surface area (Å²) in [6.07, 6.45) is 3.59. The van der Waals surface area contributed by atoms with Crippen molar-refractivity contribution in [2.24, 2.45) is 0 Å². The highest BCUT2D eigenvalue weighted by atomic mass is 35.5. The van der Waals surface area contributed by atoms with E-state index in [9.17, 15) is 4.79 Å². The van der Waals surface area contributed by atoms with Gasteiger partial charge in [-0.25, -0.2) is 4.98 Å². The molecule has 0 aliphatic carbocycles. The molecular formula is C15H13ClN4O2S. The number of aromatic amines is 1. The van der Waals surface area contributed by atoms with Gasteiger partial charge in [0.15, 0.2) is 5.82 Å². The Labute approximate surface area is 140 Å². The number of H-pyrrole nitrogens is 1. The molecule has 1 aromatic carbocycles. The van der Waals surface area contributed by atoms with Crippen molar-refractivity contribution in [2.75, 3.05) is 11.9 Å². The van der Waals surface area contributed by atoms with Gasteiger partial charge in [0.25, 0.3) is 5.91 Å². The molecule has 0 radical (unpaired) electrons. The van der Waals surface area contributed by atoms with Gasteiger partial charge in [-0.05, 0) is 25.0 Å². The number of thiazole rings is 1. The van der Waals surface area contributed by atoms with Crippen LogP contribution in [0.5, 0.6) is 0 Å². The fourth-order valence-electron chi connectivity index (χ4n) is 2.59. The monoisotopic (exact) mass is 348 g/mol. The summed E-state index contributed by atoms with van der Waals surface area (Å²) in [6, 6.07) is 5.44. The predicted molar refractivity (Wildman–Crippen MR) is 89.1 cm³/mol. The van der Waals surface area contributed by atoms with Gasteiger partial charge in [0.2, 0.25) is 0 Å².